The Kier molecular flexibility index (Phi) is 3.32. The molecule has 0 aromatic rings. The molecule has 3 nitrogen and oxygen atoms in total. The Bertz CT molecular complexity index is 218. The van der Waals surface area contributed by atoms with Crippen molar-refractivity contribution in [1.82, 2.24) is 4.31 Å². The molecule has 0 radical (unpaired) electrons. The molecule has 0 saturated heterocycles. The van der Waals surface area contributed by atoms with Crippen LogP contribution in [0.25, 0.3) is 0 Å². The number of rotatable bonds is 4. The summed E-state index contributed by atoms with van der Waals surface area (Å²) in [7, 11) is -1.76. The Balaban J connectivity index is 4.33. The van der Waals surface area contributed by atoms with Gasteiger partial charge in [0.05, 0.1) is 0 Å². The zero-order valence-electron chi connectivity index (χ0n) is 5.95. The van der Waals surface area contributed by atoms with Crippen molar-refractivity contribution in [1.29, 1.82) is 0 Å². The summed E-state index contributed by atoms with van der Waals surface area (Å²) in [5, 5.41) is 0.913. The van der Waals surface area contributed by atoms with Crippen molar-refractivity contribution in [3.63, 3.8) is 0 Å². The molecular weight excluding hydrogens is 150 g/mol. The molecule has 0 aliphatic heterocycles. The summed E-state index contributed by atoms with van der Waals surface area (Å²) < 4.78 is 22.9. The first-order valence-electron chi connectivity index (χ1n) is 2.74. The molecule has 4 heteroatoms. The zero-order chi connectivity index (χ0) is 8.20. The lowest BCUT2D eigenvalue weighted by Crippen LogP contribution is -2.24. The summed E-state index contributed by atoms with van der Waals surface area (Å²) in [6, 6.07) is 0. The average molecular weight is 161 g/mol. The second kappa shape index (κ2) is 3.53. The van der Waals surface area contributed by atoms with Crippen LogP contribution < -0.4 is 0 Å². The van der Waals surface area contributed by atoms with Crippen molar-refractivity contribution in [3.8, 4) is 0 Å². The molecule has 0 heterocycles. The predicted molar refractivity (Wildman–Crippen MR) is 41.9 cm³/mol. The van der Waals surface area contributed by atoms with E-state index in [0.717, 1.165) is 9.71 Å². The number of hydrogen-bond acceptors (Lipinski definition) is 2. The van der Waals surface area contributed by atoms with Gasteiger partial charge in [-0.3, -0.25) is 0 Å². The molecule has 58 valence electrons. The van der Waals surface area contributed by atoms with E-state index in [1.54, 1.807) is 0 Å². The van der Waals surface area contributed by atoms with E-state index >= 15 is 0 Å². The summed E-state index contributed by atoms with van der Waals surface area (Å²) in [6.45, 7) is 6.89. The van der Waals surface area contributed by atoms with Crippen molar-refractivity contribution < 1.29 is 8.42 Å². The molecule has 0 unspecified atom stereocenters. The summed E-state index contributed by atoms with van der Waals surface area (Å²) in [5.41, 5.74) is 0. The Morgan fingerprint density at radius 1 is 1.50 bits per heavy atom. The van der Waals surface area contributed by atoms with E-state index in [9.17, 15) is 8.42 Å². The monoisotopic (exact) mass is 161 g/mol. The number of sulfonamides is 1. The molecule has 0 aliphatic carbocycles. The number of likely N-dealkylation sites (N-methyl/N-ethyl adjacent to an activating group) is 1. The summed E-state index contributed by atoms with van der Waals surface area (Å²) in [4.78, 5) is 0. The highest BCUT2D eigenvalue weighted by Crippen LogP contribution is 1.96. The Labute approximate surface area is 61.7 Å². The van der Waals surface area contributed by atoms with Crippen molar-refractivity contribution in [2.75, 3.05) is 13.6 Å². The van der Waals surface area contributed by atoms with Gasteiger partial charge in [-0.1, -0.05) is 12.7 Å². The second-order valence-corrected chi connectivity index (χ2v) is 3.77. The molecular formula is C6H11NO2S. The van der Waals surface area contributed by atoms with E-state index in [-0.39, 0.29) is 0 Å². The first-order chi connectivity index (χ1) is 4.54. The van der Waals surface area contributed by atoms with Crippen LogP contribution in [0.4, 0.5) is 0 Å². The van der Waals surface area contributed by atoms with E-state index in [1.807, 2.05) is 0 Å². The highest BCUT2D eigenvalue weighted by atomic mass is 32.2. The van der Waals surface area contributed by atoms with Gasteiger partial charge in [-0.05, 0) is 0 Å². The van der Waals surface area contributed by atoms with Crippen LogP contribution in [0, 0.1) is 0 Å². The minimum atomic E-state index is -3.23. The fourth-order valence-corrected chi connectivity index (χ4v) is 0.981. The van der Waals surface area contributed by atoms with Gasteiger partial charge in [-0.2, -0.15) is 4.31 Å². The molecule has 0 aliphatic rings. The van der Waals surface area contributed by atoms with Crippen LogP contribution in [0.3, 0.4) is 0 Å². The Hall–Kier alpha value is -0.610. The molecule has 0 aromatic heterocycles. The summed E-state index contributed by atoms with van der Waals surface area (Å²) >= 11 is 0. The molecule has 0 rings (SSSR count). The largest absolute Gasteiger partial charge is 0.235 e. The predicted octanol–water partition coefficient (Wildman–Crippen LogP) is 0.577. The highest BCUT2D eigenvalue weighted by molar-refractivity contribution is 7.91. The molecule has 0 amide bonds. The van der Waals surface area contributed by atoms with Gasteiger partial charge in [0.1, 0.15) is 0 Å². The van der Waals surface area contributed by atoms with E-state index < -0.39 is 10.0 Å². The van der Waals surface area contributed by atoms with Gasteiger partial charge in [0.25, 0.3) is 0 Å². The second-order valence-electron chi connectivity index (χ2n) is 1.78. The van der Waals surface area contributed by atoms with E-state index in [1.165, 1.54) is 13.1 Å². The van der Waals surface area contributed by atoms with E-state index in [0.29, 0.717) is 6.54 Å². The first-order valence-corrected chi connectivity index (χ1v) is 4.24. The quantitative estimate of drug-likeness (QED) is 0.565. The van der Waals surface area contributed by atoms with E-state index in [4.69, 9.17) is 0 Å². The van der Waals surface area contributed by atoms with Gasteiger partial charge in [0, 0.05) is 19.0 Å². The Morgan fingerprint density at radius 3 is 2.30 bits per heavy atom. The van der Waals surface area contributed by atoms with Crippen molar-refractivity contribution in [2.45, 2.75) is 0 Å². The minimum Gasteiger partial charge on any atom is -0.208 e. The third-order valence-electron chi connectivity index (χ3n) is 1.03. The minimum absolute atomic E-state index is 0.314. The molecule has 0 aromatic carbocycles. The number of hydrogen-bond donors (Lipinski definition) is 0. The topological polar surface area (TPSA) is 37.4 Å². The number of nitrogens with zero attached hydrogens (tertiary/aromatic N) is 1. The van der Waals surface area contributed by atoms with Crippen LogP contribution in [-0.2, 0) is 10.0 Å². The van der Waals surface area contributed by atoms with Crippen LogP contribution in [0.1, 0.15) is 0 Å². The highest BCUT2D eigenvalue weighted by Gasteiger charge is 2.09. The van der Waals surface area contributed by atoms with Gasteiger partial charge in [-0.25, -0.2) is 8.42 Å². The fourth-order valence-electron chi connectivity index (χ4n) is 0.413. The zero-order valence-corrected chi connectivity index (χ0v) is 6.76. The Morgan fingerprint density at radius 2 is 2.00 bits per heavy atom. The third-order valence-corrected chi connectivity index (χ3v) is 2.47. The molecule has 0 fully saturated rings. The molecule has 10 heavy (non-hydrogen) atoms. The van der Waals surface area contributed by atoms with Crippen LogP contribution >= 0.6 is 0 Å². The van der Waals surface area contributed by atoms with Crippen LogP contribution in [0.15, 0.2) is 24.6 Å². The van der Waals surface area contributed by atoms with Crippen LogP contribution in [0.5, 0.6) is 0 Å². The van der Waals surface area contributed by atoms with Gasteiger partial charge in [0.15, 0.2) is 0 Å². The molecule has 0 N–H and O–H groups in total. The lowest BCUT2D eigenvalue weighted by atomic mass is 10.6. The van der Waals surface area contributed by atoms with E-state index in [2.05, 4.69) is 13.2 Å². The molecule has 0 atom stereocenters. The van der Waals surface area contributed by atoms with Crippen molar-refractivity contribution in [2.24, 2.45) is 0 Å². The molecule has 0 spiro atoms. The fraction of sp³-hybridized carbons (Fsp3) is 0.333. The maximum absolute atomic E-state index is 10.8. The average Bonchev–Trinajstić information content (AvgIpc) is 1.89. The smallest absolute Gasteiger partial charge is 0.208 e. The molecule has 0 saturated carbocycles. The molecule has 0 bridgehead atoms. The maximum atomic E-state index is 10.8. The lowest BCUT2D eigenvalue weighted by molar-refractivity contribution is 0.509. The van der Waals surface area contributed by atoms with Gasteiger partial charge >= 0.3 is 0 Å². The van der Waals surface area contributed by atoms with Crippen molar-refractivity contribution >= 4 is 10.0 Å². The van der Waals surface area contributed by atoms with Crippen LogP contribution in [0.2, 0.25) is 0 Å². The van der Waals surface area contributed by atoms with Gasteiger partial charge < -0.3 is 0 Å². The summed E-state index contributed by atoms with van der Waals surface area (Å²) in [5.74, 6) is 0. The third kappa shape index (κ3) is 2.33. The normalized spacial score (nSPS) is 11.4. The van der Waals surface area contributed by atoms with Gasteiger partial charge in [-0.15, -0.1) is 6.58 Å². The maximum Gasteiger partial charge on any atom is 0.235 e. The van der Waals surface area contributed by atoms with Gasteiger partial charge in [0.2, 0.25) is 10.0 Å². The standard InChI is InChI=1S/C6H11NO2S/c1-4-6-7(3)10(8,9)5-2/h4-5H,1-2,6H2,3H3. The summed E-state index contributed by atoms with van der Waals surface area (Å²) in [6.07, 6.45) is 1.51. The SMILES string of the molecule is C=CCN(C)S(=O)(=O)C=C. The first kappa shape index (κ1) is 9.39. The van der Waals surface area contributed by atoms with Crippen molar-refractivity contribution in [3.05, 3.63) is 24.6 Å². The van der Waals surface area contributed by atoms with Crippen LogP contribution in [-0.4, -0.2) is 26.3 Å². The lowest BCUT2D eigenvalue weighted by Gasteiger charge is -2.10.